The molecule has 7 heteroatoms. The van der Waals surface area contributed by atoms with Crippen molar-refractivity contribution < 1.29 is 9.47 Å². The lowest BCUT2D eigenvalue weighted by Gasteiger charge is -2.21. The number of aromatic amines is 1. The molecule has 0 amide bonds. The summed E-state index contributed by atoms with van der Waals surface area (Å²) in [6, 6.07) is 11.0. The number of benzene rings is 2. The molecule has 1 heterocycles. The second-order valence-corrected chi connectivity index (χ2v) is 6.83. The number of ether oxygens (including phenoxy) is 2. The van der Waals surface area contributed by atoms with Gasteiger partial charge in [0.25, 0.3) is 5.56 Å². The van der Waals surface area contributed by atoms with Gasteiger partial charge < -0.3 is 14.5 Å². The van der Waals surface area contributed by atoms with Crippen LogP contribution in [0, 0.1) is 0 Å². The van der Waals surface area contributed by atoms with Crippen LogP contribution in [0.25, 0.3) is 10.9 Å². The second-order valence-electron chi connectivity index (χ2n) is 6.40. The van der Waals surface area contributed by atoms with E-state index in [9.17, 15) is 4.79 Å². The van der Waals surface area contributed by atoms with Crippen molar-refractivity contribution in [1.29, 1.82) is 0 Å². The van der Waals surface area contributed by atoms with Gasteiger partial charge in [-0.3, -0.25) is 9.69 Å². The van der Waals surface area contributed by atoms with Gasteiger partial charge in [-0.2, -0.15) is 0 Å². The summed E-state index contributed by atoms with van der Waals surface area (Å²) >= 11 is 6.04. The van der Waals surface area contributed by atoms with Crippen LogP contribution in [0.15, 0.2) is 41.2 Å². The van der Waals surface area contributed by atoms with Crippen molar-refractivity contribution in [2.45, 2.75) is 26.9 Å². The molecule has 1 aromatic heterocycles. The zero-order valence-electron chi connectivity index (χ0n) is 16.3. The first-order valence-corrected chi connectivity index (χ1v) is 9.62. The number of hydrogen-bond donors (Lipinski definition) is 1. The molecule has 0 fully saturated rings. The first kappa shape index (κ1) is 20.2. The molecule has 3 aromatic rings. The fourth-order valence-corrected chi connectivity index (χ4v) is 3.24. The molecule has 148 valence electrons. The highest BCUT2D eigenvalue weighted by molar-refractivity contribution is 6.31. The Kier molecular flexibility index (Phi) is 6.54. The molecule has 0 radical (unpaired) electrons. The minimum absolute atomic E-state index is 0.157. The summed E-state index contributed by atoms with van der Waals surface area (Å²) in [5.74, 6) is 2.05. The van der Waals surface area contributed by atoms with Gasteiger partial charge in [-0.25, -0.2) is 4.98 Å². The van der Waals surface area contributed by atoms with Crippen LogP contribution in [-0.2, 0) is 13.1 Å². The summed E-state index contributed by atoms with van der Waals surface area (Å²) in [6.07, 6.45) is 0. The van der Waals surface area contributed by atoms with Crippen molar-refractivity contribution in [3.05, 3.63) is 63.2 Å². The molecule has 6 nitrogen and oxygen atoms in total. The van der Waals surface area contributed by atoms with Crippen LogP contribution in [0.5, 0.6) is 11.5 Å². The molecular formula is C21H24ClN3O3. The molecule has 0 spiro atoms. The number of nitrogens with zero attached hydrogens (tertiary/aromatic N) is 2. The van der Waals surface area contributed by atoms with Gasteiger partial charge in [0.1, 0.15) is 5.82 Å². The number of fused-ring (bicyclic) bond motifs is 1. The molecule has 0 saturated carbocycles. The minimum atomic E-state index is -0.157. The third-order valence-electron chi connectivity index (χ3n) is 4.47. The Labute approximate surface area is 169 Å². The maximum absolute atomic E-state index is 12.3. The van der Waals surface area contributed by atoms with E-state index < -0.39 is 0 Å². The smallest absolute Gasteiger partial charge is 0.258 e. The van der Waals surface area contributed by atoms with E-state index in [2.05, 4.69) is 21.8 Å². The quantitative estimate of drug-likeness (QED) is 0.617. The van der Waals surface area contributed by atoms with E-state index in [0.717, 1.165) is 17.9 Å². The van der Waals surface area contributed by atoms with E-state index in [1.54, 1.807) is 25.3 Å². The number of rotatable bonds is 8. The summed E-state index contributed by atoms with van der Waals surface area (Å²) < 4.78 is 11.0. The SMILES string of the molecule is CCOc1ccc(CN(CC)Cc2nc3cc(Cl)ccc3c(=O)[nH]2)cc1OC. The van der Waals surface area contributed by atoms with Crippen LogP contribution in [0.1, 0.15) is 25.2 Å². The Morgan fingerprint density at radius 2 is 1.93 bits per heavy atom. The predicted octanol–water partition coefficient (Wildman–Crippen LogP) is 4.01. The molecule has 1 N–H and O–H groups in total. The van der Waals surface area contributed by atoms with Crippen molar-refractivity contribution >= 4 is 22.5 Å². The maximum Gasteiger partial charge on any atom is 0.258 e. The summed E-state index contributed by atoms with van der Waals surface area (Å²) in [4.78, 5) is 22.0. The molecule has 0 saturated heterocycles. The molecular weight excluding hydrogens is 378 g/mol. The Hall–Kier alpha value is -2.57. The van der Waals surface area contributed by atoms with Gasteiger partial charge >= 0.3 is 0 Å². The fraction of sp³-hybridized carbons (Fsp3) is 0.333. The highest BCUT2D eigenvalue weighted by Crippen LogP contribution is 2.28. The van der Waals surface area contributed by atoms with Gasteiger partial charge in [-0.15, -0.1) is 0 Å². The Morgan fingerprint density at radius 3 is 2.64 bits per heavy atom. The van der Waals surface area contributed by atoms with Crippen LogP contribution in [0.4, 0.5) is 0 Å². The van der Waals surface area contributed by atoms with Gasteiger partial charge in [0.05, 0.1) is 31.2 Å². The zero-order chi connectivity index (χ0) is 20.1. The number of hydrogen-bond acceptors (Lipinski definition) is 5. The van der Waals surface area contributed by atoms with E-state index >= 15 is 0 Å². The molecule has 2 aromatic carbocycles. The first-order valence-electron chi connectivity index (χ1n) is 9.24. The topological polar surface area (TPSA) is 67.5 Å². The van der Waals surface area contributed by atoms with Gasteiger partial charge in [0.2, 0.25) is 0 Å². The monoisotopic (exact) mass is 401 g/mol. The van der Waals surface area contributed by atoms with E-state index in [0.29, 0.717) is 47.2 Å². The van der Waals surface area contributed by atoms with Gasteiger partial charge in [0.15, 0.2) is 11.5 Å². The lowest BCUT2D eigenvalue weighted by Crippen LogP contribution is -2.25. The number of halogens is 1. The van der Waals surface area contributed by atoms with Gasteiger partial charge in [-0.1, -0.05) is 24.6 Å². The lowest BCUT2D eigenvalue weighted by molar-refractivity contribution is 0.263. The van der Waals surface area contributed by atoms with E-state index in [1.165, 1.54) is 0 Å². The van der Waals surface area contributed by atoms with Crippen molar-refractivity contribution in [2.75, 3.05) is 20.3 Å². The summed E-state index contributed by atoms with van der Waals surface area (Å²) in [5, 5.41) is 1.10. The molecule has 0 aliphatic heterocycles. The van der Waals surface area contributed by atoms with Gasteiger partial charge in [-0.05, 0) is 49.4 Å². The molecule has 0 aliphatic carbocycles. The van der Waals surface area contributed by atoms with Crippen molar-refractivity contribution in [3.8, 4) is 11.5 Å². The standard InChI is InChI=1S/C21H24ClN3O3/c1-4-25(12-14-6-9-18(28-5-2)19(10-14)27-3)13-20-23-17-11-15(22)7-8-16(17)21(26)24-20/h6-11H,4-5,12-13H2,1-3H3,(H,23,24,26). The Balaban J connectivity index is 1.81. The largest absolute Gasteiger partial charge is 0.493 e. The Morgan fingerprint density at radius 1 is 1.11 bits per heavy atom. The highest BCUT2D eigenvalue weighted by Gasteiger charge is 2.12. The zero-order valence-corrected chi connectivity index (χ0v) is 17.0. The first-order chi connectivity index (χ1) is 13.5. The minimum Gasteiger partial charge on any atom is -0.493 e. The number of nitrogens with one attached hydrogen (secondary N) is 1. The van der Waals surface area contributed by atoms with Crippen LogP contribution >= 0.6 is 11.6 Å². The lowest BCUT2D eigenvalue weighted by atomic mass is 10.2. The Bertz CT molecular complexity index is 1020. The molecule has 0 atom stereocenters. The summed E-state index contributed by atoms with van der Waals surface area (Å²) in [7, 11) is 1.63. The van der Waals surface area contributed by atoms with Crippen LogP contribution in [-0.4, -0.2) is 35.1 Å². The van der Waals surface area contributed by atoms with Crippen LogP contribution in [0.2, 0.25) is 5.02 Å². The average molecular weight is 402 g/mol. The van der Waals surface area contributed by atoms with Gasteiger partial charge in [0, 0.05) is 11.6 Å². The normalized spacial score (nSPS) is 11.2. The van der Waals surface area contributed by atoms with Crippen molar-refractivity contribution in [1.82, 2.24) is 14.9 Å². The third-order valence-corrected chi connectivity index (χ3v) is 4.71. The molecule has 0 bridgehead atoms. The number of methoxy groups -OCH3 is 1. The maximum atomic E-state index is 12.3. The van der Waals surface area contributed by atoms with E-state index in [-0.39, 0.29) is 5.56 Å². The highest BCUT2D eigenvalue weighted by atomic mass is 35.5. The third kappa shape index (κ3) is 4.64. The van der Waals surface area contributed by atoms with Crippen molar-refractivity contribution in [2.24, 2.45) is 0 Å². The average Bonchev–Trinajstić information content (AvgIpc) is 2.68. The fourth-order valence-electron chi connectivity index (χ4n) is 3.07. The van der Waals surface area contributed by atoms with Crippen LogP contribution in [0.3, 0.4) is 0 Å². The molecule has 28 heavy (non-hydrogen) atoms. The van der Waals surface area contributed by atoms with E-state index in [1.807, 2.05) is 25.1 Å². The van der Waals surface area contributed by atoms with Crippen molar-refractivity contribution in [3.63, 3.8) is 0 Å². The van der Waals surface area contributed by atoms with E-state index in [4.69, 9.17) is 21.1 Å². The number of aromatic nitrogens is 2. The summed E-state index contributed by atoms with van der Waals surface area (Å²) in [6.45, 7) is 6.60. The number of H-pyrrole nitrogens is 1. The molecule has 0 unspecified atom stereocenters. The molecule has 3 rings (SSSR count). The predicted molar refractivity (Wildman–Crippen MR) is 111 cm³/mol. The van der Waals surface area contributed by atoms with Crippen LogP contribution < -0.4 is 15.0 Å². The summed E-state index contributed by atoms with van der Waals surface area (Å²) in [5.41, 5.74) is 1.54. The molecule has 0 aliphatic rings. The second kappa shape index (κ2) is 9.08.